The minimum atomic E-state index is 0.628. The molecule has 1 saturated carbocycles. The minimum Gasteiger partial charge on any atom is -0.330 e. The van der Waals surface area contributed by atoms with Gasteiger partial charge in [0.1, 0.15) is 0 Å². The van der Waals surface area contributed by atoms with Gasteiger partial charge in [-0.2, -0.15) is 0 Å². The number of nitrogens with two attached hydrogens (primary N) is 1. The summed E-state index contributed by atoms with van der Waals surface area (Å²) in [5, 5.41) is 0.887. The van der Waals surface area contributed by atoms with E-state index >= 15 is 0 Å². The monoisotopic (exact) mass is 181 g/mol. The molecule has 1 aromatic rings. The van der Waals surface area contributed by atoms with Gasteiger partial charge in [0.15, 0.2) is 0 Å². The molecule has 2 N–H and O–H groups in total. The van der Waals surface area contributed by atoms with Crippen molar-refractivity contribution in [3.8, 4) is 0 Å². The van der Waals surface area contributed by atoms with Gasteiger partial charge in [-0.05, 0) is 36.4 Å². The van der Waals surface area contributed by atoms with Crippen molar-refractivity contribution in [3.63, 3.8) is 0 Å². The molecule has 1 fully saturated rings. The third-order valence-corrected chi connectivity index (χ3v) is 2.87. The van der Waals surface area contributed by atoms with Crippen molar-refractivity contribution >= 4 is 11.6 Å². The lowest BCUT2D eigenvalue weighted by atomic mass is 10.1. The van der Waals surface area contributed by atoms with Crippen LogP contribution in [0.2, 0.25) is 5.02 Å². The van der Waals surface area contributed by atoms with Crippen LogP contribution >= 0.6 is 11.6 Å². The molecule has 0 aliphatic heterocycles. The van der Waals surface area contributed by atoms with Gasteiger partial charge in [-0.1, -0.05) is 29.8 Å². The molecule has 1 aromatic carbocycles. The second-order valence-corrected chi connectivity index (χ2v) is 3.77. The molecule has 0 spiro atoms. The molecule has 0 saturated heterocycles. The fraction of sp³-hybridized carbons (Fsp3) is 0.400. The van der Waals surface area contributed by atoms with Gasteiger partial charge in [-0.25, -0.2) is 0 Å². The van der Waals surface area contributed by atoms with Crippen LogP contribution < -0.4 is 5.73 Å². The average molecular weight is 182 g/mol. The molecule has 0 unspecified atom stereocenters. The maximum absolute atomic E-state index is 6.04. The number of halogens is 1. The third kappa shape index (κ3) is 1.35. The molecule has 0 heterocycles. The Labute approximate surface area is 77.5 Å². The summed E-state index contributed by atoms with van der Waals surface area (Å²) in [5.41, 5.74) is 6.84. The first-order chi connectivity index (χ1) is 5.83. The summed E-state index contributed by atoms with van der Waals surface area (Å²) < 4.78 is 0. The van der Waals surface area contributed by atoms with Gasteiger partial charge in [0.05, 0.1) is 0 Å². The molecule has 64 valence electrons. The van der Waals surface area contributed by atoms with Crippen molar-refractivity contribution in [2.24, 2.45) is 11.7 Å². The van der Waals surface area contributed by atoms with Crippen molar-refractivity contribution in [3.05, 3.63) is 34.9 Å². The van der Waals surface area contributed by atoms with Crippen LogP contribution in [-0.2, 0) is 0 Å². The summed E-state index contributed by atoms with van der Waals surface area (Å²) in [6, 6.07) is 8.05. The van der Waals surface area contributed by atoms with E-state index in [0.29, 0.717) is 11.8 Å². The van der Waals surface area contributed by atoms with Crippen LogP contribution in [0.3, 0.4) is 0 Å². The highest BCUT2D eigenvalue weighted by molar-refractivity contribution is 6.31. The molecule has 0 amide bonds. The molecule has 0 bridgehead atoms. The summed E-state index contributed by atoms with van der Waals surface area (Å²) in [7, 11) is 0. The van der Waals surface area contributed by atoms with E-state index in [2.05, 4.69) is 6.07 Å². The van der Waals surface area contributed by atoms with Gasteiger partial charge in [-0.15, -0.1) is 0 Å². The predicted molar refractivity (Wildman–Crippen MR) is 51.4 cm³/mol. The summed E-state index contributed by atoms with van der Waals surface area (Å²) in [4.78, 5) is 0. The quantitative estimate of drug-likeness (QED) is 0.745. The van der Waals surface area contributed by atoms with E-state index in [-0.39, 0.29) is 0 Å². The summed E-state index contributed by atoms with van der Waals surface area (Å²) in [5.74, 6) is 1.30. The Kier molecular flexibility index (Phi) is 2.07. The SMILES string of the molecule is NC[C@@H]1C[C@@H]1c1ccccc1Cl. The minimum absolute atomic E-state index is 0.628. The second-order valence-electron chi connectivity index (χ2n) is 3.36. The molecule has 0 radical (unpaired) electrons. The molecule has 1 aliphatic rings. The highest BCUT2D eigenvalue weighted by Crippen LogP contribution is 2.48. The van der Waals surface area contributed by atoms with Crippen molar-refractivity contribution < 1.29 is 0 Å². The fourth-order valence-electron chi connectivity index (χ4n) is 1.66. The molecule has 1 aliphatic carbocycles. The van der Waals surface area contributed by atoms with Crippen molar-refractivity contribution in [2.75, 3.05) is 6.54 Å². The predicted octanol–water partition coefficient (Wildman–Crippen LogP) is 2.40. The molecular weight excluding hydrogens is 170 g/mol. The Morgan fingerprint density at radius 3 is 2.75 bits per heavy atom. The maximum atomic E-state index is 6.04. The molecule has 1 nitrogen and oxygen atoms in total. The van der Waals surface area contributed by atoms with Crippen LogP contribution in [0.5, 0.6) is 0 Å². The van der Waals surface area contributed by atoms with Gasteiger partial charge in [0.2, 0.25) is 0 Å². The number of rotatable bonds is 2. The van der Waals surface area contributed by atoms with Gasteiger partial charge in [0, 0.05) is 5.02 Å². The van der Waals surface area contributed by atoms with Crippen molar-refractivity contribution in [2.45, 2.75) is 12.3 Å². The van der Waals surface area contributed by atoms with E-state index in [9.17, 15) is 0 Å². The van der Waals surface area contributed by atoms with Crippen LogP contribution in [0.1, 0.15) is 17.9 Å². The first-order valence-corrected chi connectivity index (χ1v) is 4.65. The summed E-state index contributed by atoms with van der Waals surface area (Å²) in [6.45, 7) is 0.788. The lowest BCUT2D eigenvalue weighted by molar-refractivity contribution is 0.810. The Balaban J connectivity index is 2.19. The smallest absolute Gasteiger partial charge is 0.0440 e. The zero-order valence-corrected chi connectivity index (χ0v) is 7.59. The van der Waals surface area contributed by atoms with Gasteiger partial charge < -0.3 is 5.73 Å². The Morgan fingerprint density at radius 1 is 1.42 bits per heavy atom. The van der Waals surface area contributed by atoms with Crippen LogP contribution in [0.4, 0.5) is 0 Å². The largest absolute Gasteiger partial charge is 0.330 e. The van der Waals surface area contributed by atoms with E-state index in [1.54, 1.807) is 0 Å². The zero-order chi connectivity index (χ0) is 8.55. The number of benzene rings is 1. The van der Waals surface area contributed by atoms with Gasteiger partial charge in [0.25, 0.3) is 0 Å². The molecule has 2 atom stereocenters. The van der Waals surface area contributed by atoms with E-state index in [4.69, 9.17) is 17.3 Å². The average Bonchev–Trinajstić information content (AvgIpc) is 2.84. The fourth-order valence-corrected chi connectivity index (χ4v) is 1.94. The van der Waals surface area contributed by atoms with Crippen LogP contribution in [-0.4, -0.2) is 6.54 Å². The first kappa shape index (κ1) is 8.09. The Hall–Kier alpha value is -0.530. The van der Waals surface area contributed by atoms with Crippen LogP contribution in [0.15, 0.2) is 24.3 Å². The molecule has 12 heavy (non-hydrogen) atoms. The third-order valence-electron chi connectivity index (χ3n) is 2.53. The van der Waals surface area contributed by atoms with E-state index in [0.717, 1.165) is 11.6 Å². The maximum Gasteiger partial charge on any atom is 0.0440 e. The number of hydrogen-bond donors (Lipinski definition) is 1. The molecule has 2 heteroatoms. The zero-order valence-electron chi connectivity index (χ0n) is 6.83. The standard InChI is InChI=1S/C10H12ClN/c11-10-4-2-1-3-8(10)9-5-7(9)6-12/h1-4,7,9H,5-6,12H2/t7-,9-/m0/s1. The normalized spacial score (nSPS) is 27.2. The second kappa shape index (κ2) is 3.08. The van der Waals surface area contributed by atoms with E-state index < -0.39 is 0 Å². The van der Waals surface area contributed by atoms with Gasteiger partial charge in [-0.3, -0.25) is 0 Å². The van der Waals surface area contributed by atoms with E-state index in [1.165, 1.54) is 12.0 Å². The molecule has 2 rings (SSSR count). The molecule has 0 aromatic heterocycles. The summed E-state index contributed by atoms with van der Waals surface area (Å²) >= 11 is 6.04. The molecular formula is C10H12ClN. The van der Waals surface area contributed by atoms with E-state index in [1.807, 2.05) is 18.2 Å². The highest BCUT2D eigenvalue weighted by atomic mass is 35.5. The van der Waals surface area contributed by atoms with Crippen molar-refractivity contribution in [1.82, 2.24) is 0 Å². The lowest BCUT2D eigenvalue weighted by Crippen LogP contribution is -2.01. The van der Waals surface area contributed by atoms with Crippen LogP contribution in [0, 0.1) is 5.92 Å². The van der Waals surface area contributed by atoms with Gasteiger partial charge >= 0.3 is 0 Å². The lowest BCUT2D eigenvalue weighted by Gasteiger charge is -2.01. The highest BCUT2D eigenvalue weighted by Gasteiger charge is 2.37. The summed E-state index contributed by atoms with van der Waals surface area (Å²) in [6.07, 6.45) is 1.21. The first-order valence-electron chi connectivity index (χ1n) is 4.27. The topological polar surface area (TPSA) is 26.0 Å². The number of hydrogen-bond acceptors (Lipinski definition) is 1. The Bertz CT molecular complexity index is 285. The van der Waals surface area contributed by atoms with Crippen LogP contribution in [0.25, 0.3) is 0 Å². The van der Waals surface area contributed by atoms with Crippen molar-refractivity contribution in [1.29, 1.82) is 0 Å². The Morgan fingerprint density at radius 2 is 2.17 bits per heavy atom.